The van der Waals surface area contributed by atoms with Gasteiger partial charge >= 0.3 is 0 Å². The molecule has 102 valence electrons. The normalized spacial score (nSPS) is 10.3. The van der Waals surface area contributed by atoms with Crippen LogP contribution < -0.4 is 10.1 Å². The molecule has 1 rings (SSSR count). The fourth-order valence-corrected chi connectivity index (χ4v) is 1.28. The predicted octanol–water partition coefficient (Wildman–Crippen LogP) is 1.34. The third kappa shape index (κ3) is 6.36. The number of rotatable bonds is 10. The van der Waals surface area contributed by atoms with Crippen LogP contribution in [-0.2, 0) is 9.47 Å². The van der Waals surface area contributed by atoms with Crippen LogP contribution in [0.15, 0.2) is 12.3 Å². The van der Waals surface area contributed by atoms with Gasteiger partial charge in [0.15, 0.2) is 0 Å². The van der Waals surface area contributed by atoms with E-state index in [9.17, 15) is 0 Å². The second kappa shape index (κ2) is 9.61. The van der Waals surface area contributed by atoms with E-state index in [0.29, 0.717) is 31.6 Å². The topological polar surface area (TPSA) is 65.5 Å². The summed E-state index contributed by atoms with van der Waals surface area (Å²) in [7, 11) is 1.68. The summed E-state index contributed by atoms with van der Waals surface area (Å²) in [4.78, 5) is 8.25. The molecular weight excluding hydrogens is 234 g/mol. The zero-order valence-corrected chi connectivity index (χ0v) is 11.0. The van der Waals surface area contributed by atoms with E-state index < -0.39 is 0 Å². The monoisotopic (exact) mass is 255 g/mol. The maximum atomic E-state index is 5.45. The van der Waals surface area contributed by atoms with E-state index in [4.69, 9.17) is 14.2 Å². The highest BCUT2D eigenvalue weighted by Gasteiger charge is 1.98. The van der Waals surface area contributed by atoms with Crippen molar-refractivity contribution < 1.29 is 14.2 Å². The minimum atomic E-state index is 0.482. The Kier molecular flexibility index (Phi) is 7.83. The van der Waals surface area contributed by atoms with Gasteiger partial charge in [0.25, 0.3) is 0 Å². The quantitative estimate of drug-likeness (QED) is 0.636. The molecule has 0 aliphatic heterocycles. The van der Waals surface area contributed by atoms with Gasteiger partial charge in [-0.15, -0.1) is 0 Å². The lowest BCUT2D eigenvalue weighted by Gasteiger charge is -2.07. The number of hydrogen-bond acceptors (Lipinski definition) is 6. The number of hydrogen-bond donors (Lipinski definition) is 1. The summed E-state index contributed by atoms with van der Waals surface area (Å²) in [5, 5.41) is 3.03. The van der Waals surface area contributed by atoms with Crippen molar-refractivity contribution in [3.63, 3.8) is 0 Å². The fraction of sp³-hybridized carbons (Fsp3) is 0.667. The number of ether oxygens (including phenoxy) is 3. The van der Waals surface area contributed by atoms with E-state index in [-0.39, 0.29) is 0 Å². The second-order valence-electron chi connectivity index (χ2n) is 3.56. The number of aromatic nitrogens is 2. The Morgan fingerprint density at radius 3 is 2.89 bits per heavy atom. The molecule has 0 aliphatic rings. The van der Waals surface area contributed by atoms with Gasteiger partial charge in [-0.25, -0.2) is 4.98 Å². The van der Waals surface area contributed by atoms with Crippen LogP contribution in [0, 0.1) is 0 Å². The Morgan fingerprint density at radius 2 is 2.11 bits per heavy atom. The summed E-state index contributed by atoms with van der Waals surface area (Å²) in [6.45, 7) is 5.21. The summed E-state index contributed by atoms with van der Waals surface area (Å²) < 4.78 is 15.7. The van der Waals surface area contributed by atoms with Gasteiger partial charge in [-0.05, 0) is 13.3 Å². The molecule has 0 radical (unpaired) electrons. The second-order valence-corrected chi connectivity index (χ2v) is 3.56. The maximum Gasteiger partial charge on any atom is 0.225 e. The maximum absolute atomic E-state index is 5.45. The first-order chi connectivity index (χ1) is 8.86. The van der Waals surface area contributed by atoms with Crippen LogP contribution in [0.5, 0.6) is 5.88 Å². The average Bonchev–Trinajstić information content (AvgIpc) is 2.39. The van der Waals surface area contributed by atoms with Crippen LogP contribution >= 0.6 is 0 Å². The van der Waals surface area contributed by atoms with Crippen molar-refractivity contribution in [3.05, 3.63) is 12.3 Å². The van der Waals surface area contributed by atoms with E-state index in [1.807, 2.05) is 6.92 Å². The molecule has 0 fully saturated rings. The van der Waals surface area contributed by atoms with Gasteiger partial charge in [0, 0.05) is 39.1 Å². The summed E-state index contributed by atoms with van der Waals surface area (Å²) in [5.74, 6) is 1.14. The smallest absolute Gasteiger partial charge is 0.225 e. The van der Waals surface area contributed by atoms with Crippen LogP contribution in [0.4, 0.5) is 5.95 Å². The number of anilines is 1. The number of nitrogens with zero attached hydrogens (tertiary/aromatic N) is 2. The van der Waals surface area contributed by atoms with E-state index in [2.05, 4.69) is 15.3 Å². The molecule has 0 aromatic carbocycles. The van der Waals surface area contributed by atoms with Gasteiger partial charge in [0.1, 0.15) is 6.61 Å². The SMILES string of the molecule is CCNc1nccc(OCCOCCCOC)n1. The van der Waals surface area contributed by atoms with Crippen LogP contribution in [0.3, 0.4) is 0 Å². The van der Waals surface area contributed by atoms with Crippen molar-refractivity contribution in [1.29, 1.82) is 0 Å². The van der Waals surface area contributed by atoms with Crippen molar-refractivity contribution in [1.82, 2.24) is 9.97 Å². The van der Waals surface area contributed by atoms with Gasteiger partial charge in [-0.1, -0.05) is 0 Å². The molecule has 6 heteroatoms. The van der Waals surface area contributed by atoms with E-state index in [0.717, 1.165) is 19.6 Å². The van der Waals surface area contributed by atoms with Crippen molar-refractivity contribution in [3.8, 4) is 5.88 Å². The van der Waals surface area contributed by atoms with Gasteiger partial charge in [0.2, 0.25) is 11.8 Å². The molecule has 6 nitrogen and oxygen atoms in total. The lowest BCUT2D eigenvalue weighted by atomic mass is 10.5. The Labute approximate surface area is 108 Å². The molecule has 0 atom stereocenters. The van der Waals surface area contributed by atoms with Crippen LogP contribution in [0.2, 0.25) is 0 Å². The zero-order valence-electron chi connectivity index (χ0n) is 11.0. The highest BCUT2D eigenvalue weighted by atomic mass is 16.5. The fourth-order valence-electron chi connectivity index (χ4n) is 1.28. The third-order valence-electron chi connectivity index (χ3n) is 2.08. The van der Waals surface area contributed by atoms with Crippen LogP contribution in [0.1, 0.15) is 13.3 Å². The first-order valence-electron chi connectivity index (χ1n) is 6.13. The molecule has 0 amide bonds. The van der Waals surface area contributed by atoms with E-state index >= 15 is 0 Å². The van der Waals surface area contributed by atoms with Crippen molar-refractivity contribution in [2.75, 3.05) is 45.4 Å². The highest BCUT2D eigenvalue weighted by molar-refractivity contribution is 5.26. The third-order valence-corrected chi connectivity index (χ3v) is 2.08. The molecule has 1 aromatic rings. The molecule has 1 N–H and O–H groups in total. The van der Waals surface area contributed by atoms with E-state index in [1.54, 1.807) is 19.4 Å². The summed E-state index contributed by atoms with van der Waals surface area (Å²) >= 11 is 0. The van der Waals surface area contributed by atoms with Crippen molar-refractivity contribution in [2.24, 2.45) is 0 Å². The molecule has 0 saturated heterocycles. The zero-order chi connectivity index (χ0) is 13.1. The molecule has 1 aromatic heterocycles. The number of methoxy groups -OCH3 is 1. The first-order valence-corrected chi connectivity index (χ1v) is 6.13. The lowest BCUT2D eigenvalue weighted by Crippen LogP contribution is -2.10. The summed E-state index contributed by atoms with van der Waals surface area (Å²) in [6.07, 6.45) is 2.56. The summed E-state index contributed by atoms with van der Waals surface area (Å²) in [6, 6.07) is 1.73. The Hall–Kier alpha value is -1.40. The van der Waals surface area contributed by atoms with Crippen molar-refractivity contribution in [2.45, 2.75) is 13.3 Å². The molecule has 18 heavy (non-hydrogen) atoms. The van der Waals surface area contributed by atoms with Gasteiger partial charge in [-0.2, -0.15) is 4.98 Å². The van der Waals surface area contributed by atoms with Crippen LogP contribution in [-0.4, -0.2) is 50.1 Å². The first kappa shape index (κ1) is 14.7. The lowest BCUT2D eigenvalue weighted by molar-refractivity contribution is 0.0795. The Bertz CT molecular complexity index is 323. The average molecular weight is 255 g/mol. The standard InChI is InChI=1S/C12H21N3O3/c1-3-13-12-14-6-5-11(15-12)18-10-9-17-8-4-7-16-2/h5-6H,3-4,7-10H2,1-2H3,(H,13,14,15). The molecular formula is C12H21N3O3. The van der Waals surface area contributed by atoms with Gasteiger partial charge in [0.05, 0.1) is 6.61 Å². The van der Waals surface area contributed by atoms with Crippen molar-refractivity contribution >= 4 is 5.95 Å². The molecule has 0 saturated carbocycles. The largest absolute Gasteiger partial charge is 0.475 e. The predicted molar refractivity (Wildman–Crippen MR) is 69.0 cm³/mol. The summed E-state index contributed by atoms with van der Waals surface area (Å²) in [5.41, 5.74) is 0. The molecule has 0 aliphatic carbocycles. The Balaban J connectivity index is 2.13. The van der Waals surface area contributed by atoms with Gasteiger partial charge < -0.3 is 19.5 Å². The molecule has 0 spiro atoms. The molecule has 0 bridgehead atoms. The van der Waals surface area contributed by atoms with Gasteiger partial charge in [-0.3, -0.25) is 0 Å². The minimum Gasteiger partial charge on any atom is -0.475 e. The highest BCUT2D eigenvalue weighted by Crippen LogP contribution is 2.07. The van der Waals surface area contributed by atoms with E-state index in [1.165, 1.54) is 0 Å². The minimum absolute atomic E-state index is 0.482. The molecule has 0 unspecified atom stereocenters. The molecule has 1 heterocycles. The Morgan fingerprint density at radius 1 is 1.22 bits per heavy atom. The number of nitrogens with one attached hydrogen (secondary N) is 1. The van der Waals surface area contributed by atoms with Crippen LogP contribution in [0.25, 0.3) is 0 Å².